The molecule has 2 rings (SSSR count). The first-order valence-electron chi connectivity index (χ1n) is 6.25. The fraction of sp³-hybridized carbons (Fsp3) is 0.583. The standard InChI is InChI=1S/C12H17NO6S2/c1-8-5-20-9(11(14)15)10(8)21(16,17)13-6-12(18-2)3-4-19-7-12/h5,13H,3-4,6-7H2,1-2H3,(H,14,15). The largest absolute Gasteiger partial charge is 0.477 e. The zero-order valence-electron chi connectivity index (χ0n) is 11.7. The highest BCUT2D eigenvalue weighted by molar-refractivity contribution is 7.89. The average Bonchev–Trinajstić information content (AvgIpc) is 3.04. The number of ether oxygens (including phenoxy) is 2. The summed E-state index contributed by atoms with van der Waals surface area (Å²) in [5.74, 6) is -1.25. The van der Waals surface area contributed by atoms with E-state index in [4.69, 9.17) is 14.6 Å². The van der Waals surface area contributed by atoms with Crippen molar-refractivity contribution in [3.63, 3.8) is 0 Å². The van der Waals surface area contributed by atoms with Crippen molar-refractivity contribution in [1.29, 1.82) is 0 Å². The number of carbonyl (C=O) groups is 1. The monoisotopic (exact) mass is 335 g/mol. The first-order valence-corrected chi connectivity index (χ1v) is 8.61. The maximum atomic E-state index is 12.4. The number of hydrogen-bond acceptors (Lipinski definition) is 6. The van der Waals surface area contributed by atoms with Crippen LogP contribution in [-0.2, 0) is 19.5 Å². The van der Waals surface area contributed by atoms with Crippen LogP contribution in [0, 0.1) is 6.92 Å². The van der Waals surface area contributed by atoms with Gasteiger partial charge in [-0.2, -0.15) is 0 Å². The molecule has 1 aromatic rings. The lowest BCUT2D eigenvalue weighted by Gasteiger charge is -2.25. The van der Waals surface area contributed by atoms with Crippen LogP contribution in [0.5, 0.6) is 0 Å². The number of aromatic carboxylic acids is 1. The number of hydrogen-bond donors (Lipinski definition) is 2. The van der Waals surface area contributed by atoms with Crippen molar-refractivity contribution in [2.75, 3.05) is 26.9 Å². The van der Waals surface area contributed by atoms with E-state index in [1.54, 1.807) is 6.92 Å². The van der Waals surface area contributed by atoms with E-state index in [1.165, 1.54) is 12.5 Å². The molecule has 0 saturated carbocycles. The number of nitrogens with one attached hydrogen (secondary N) is 1. The molecule has 9 heteroatoms. The second kappa shape index (κ2) is 6.01. The molecule has 1 aliphatic heterocycles. The minimum absolute atomic E-state index is 0.0418. The van der Waals surface area contributed by atoms with E-state index in [9.17, 15) is 13.2 Å². The fourth-order valence-corrected chi connectivity index (χ4v) is 4.92. The molecule has 1 unspecified atom stereocenters. The molecule has 0 aromatic carbocycles. The van der Waals surface area contributed by atoms with Crippen LogP contribution in [0.15, 0.2) is 10.3 Å². The van der Waals surface area contributed by atoms with E-state index >= 15 is 0 Å². The van der Waals surface area contributed by atoms with Crippen LogP contribution < -0.4 is 4.72 Å². The van der Waals surface area contributed by atoms with Gasteiger partial charge in [0.15, 0.2) is 0 Å². The number of aryl methyl sites for hydroxylation is 1. The smallest absolute Gasteiger partial charge is 0.347 e. The Hall–Kier alpha value is -1.00. The third-order valence-corrected chi connectivity index (χ3v) is 6.27. The van der Waals surface area contributed by atoms with Crippen molar-refractivity contribution in [3.05, 3.63) is 15.8 Å². The molecule has 7 nitrogen and oxygen atoms in total. The summed E-state index contributed by atoms with van der Waals surface area (Å²) < 4.78 is 37.8. The summed E-state index contributed by atoms with van der Waals surface area (Å²) in [7, 11) is -2.41. The van der Waals surface area contributed by atoms with E-state index in [0.717, 1.165) is 11.3 Å². The predicted octanol–water partition coefficient (Wildman–Crippen LogP) is 0.839. The van der Waals surface area contributed by atoms with E-state index in [2.05, 4.69) is 4.72 Å². The number of thiophene rings is 1. The van der Waals surface area contributed by atoms with Crippen molar-refractivity contribution >= 4 is 27.3 Å². The minimum Gasteiger partial charge on any atom is -0.477 e. The SMILES string of the molecule is COC1(CNS(=O)(=O)c2c(C)csc2C(=O)O)CCOC1. The Morgan fingerprint density at radius 2 is 2.33 bits per heavy atom. The highest BCUT2D eigenvalue weighted by Crippen LogP contribution is 2.28. The summed E-state index contributed by atoms with van der Waals surface area (Å²) in [6, 6.07) is 0. The van der Waals surface area contributed by atoms with Crippen LogP contribution in [0.25, 0.3) is 0 Å². The molecule has 21 heavy (non-hydrogen) atoms. The minimum atomic E-state index is -3.91. The second-order valence-electron chi connectivity index (χ2n) is 4.90. The van der Waals surface area contributed by atoms with Gasteiger partial charge in [-0.25, -0.2) is 17.9 Å². The molecular weight excluding hydrogens is 318 g/mol. The van der Waals surface area contributed by atoms with Crippen molar-refractivity contribution < 1.29 is 27.8 Å². The predicted molar refractivity (Wildman–Crippen MR) is 76.4 cm³/mol. The van der Waals surface area contributed by atoms with Crippen LogP contribution in [0.3, 0.4) is 0 Å². The van der Waals surface area contributed by atoms with Crippen LogP contribution in [0.1, 0.15) is 21.7 Å². The van der Waals surface area contributed by atoms with Gasteiger partial charge in [0.25, 0.3) is 0 Å². The van der Waals surface area contributed by atoms with Crippen LogP contribution >= 0.6 is 11.3 Å². The Morgan fingerprint density at radius 1 is 1.62 bits per heavy atom. The fourth-order valence-electron chi connectivity index (χ4n) is 2.17. The van der Waals surface area contributed by atoms with E-state index in [1.807, 2.05) is 0 Å². The van der Waals surface area contributed by atoms with Gasteiger partial charge in [-0.1, -0.05) is 0 Å². The quantitative estimate of drug-likeness (QED) is 0.799. The molecule has 118 valence electrons. The Kier molecular flexibility index (Phi) is 4.69. The van der Waals surface area contributed by atoms with E-state index < -0.39 is 21.6 Å². The third kappa shape index (κ3) is 3.27. The molecule has 0 amide bonds. The summed E-state index contributed by atoms with van der Waals surface area (Å²) in [5.41, 5.74) is -0.278. The lowest BCUT2D eigenvalue weighted by atomic mass is 10.0. The maximum Gasteiger partial charge on any atom is 0.347 e. The number of carboxylic acids is 1. The van der Waals surface area contributed by atoms with Gasteiger partial charge in [-0.05, 0) is 17.9 Å². The Labute approximate surface area is 126 Å². The van der Waals surface area contributed by atoms with Crippen molar-refractivity contribution in [3.8, 4) is 0 Å². The molecule has 0 bridgehead atoms. The molecule has 0 radical (unpaired) electrons. The number of methoxy groups -OCH3 is 1. The Morgan fingerprint density at radius 3 is 2.86 bits per heavy atom. The summed E-state index contributed by atoms with van der Waals surface area (Å²) in [5, 5.41) is 10.6. The normalized spacial score (nSPS) is 22.6. The van der Waals surface area contributed by atoms with Gasteiger partial charge in [0.2, 0.25) is 10.0 Å². The zero-order chi connectivity index (χ0) is 15.7. The molecule has 2 heterocycles. The first-order chi connectivity index (χ1) is 9.81. The van der Waals surface area contributed by atoms with Gasteiger partial charge in [0.1, 0.15) is 15.4 Å². The van der Waals surface area contributed by atoms with Crippen molar-refractivity contribution in [2.24, 2.45) is 0 Å². The van der Waals surface area contributed by atoms with Crippen LogP contribution in [0.4, 0.5) is 0 Å². The summed E-state index contributed by atoms with van der Waals surface area (Å²) in [6.07, 6.45) is 0.584. The van der Waals surface area contributed by atoms with Crippen molar-refractivity contribution in [1.82, 2.24) is 4.72 Å². The van der Waals surface area contributed by atoms with E-state index in [-0.39, 0.29) is 16.3 Å². The van der Waals surface area contributed by atoms with Gasteiger partial charge < -0.3 is 14.6 Å². The Bertz CT molecular complexity index is 630. The zero-order valence-corrected chi connectivity index (χ0v) is 13.3. The highest BCUT2D eigenvalue weighted by atomic mass is 32.2. The molecule has 0 spiro atoms. The molecule has 1 atom stereocenters. The summed E-state index contributed by atoms with van der Waals surface area (Å²) >= 11 is 0.899. The lowest BCUT2D eigenvalue weighted by Crippen LogP contribution is -2.45. The average molecular weight is 335 g/mol. The molecule has 1 saturated heterocycles. The van der Waals surface area contributed by atoms with Gasteiger partial charge in [0.05, 0.1) is 6.61 Å². The third-order valence-electron chi connectivity index (χ3n) is 3.47. The van der Waals surface area contributed by atoms with Gasteiger partial charge in [-0.15, -0.1) is 11.3 Å². The molecule has 1 aromatic heterocycles. The summed E-state index contributed by atoms with van der Waals surface area (Å²) in [4.78, 5) is 10.8. The van der Waals surface area contributed by atoms with Crippen LogP contribution in [0.2, 0.25) is 0 Å². The number of sulfonamides is 1. The molecule has 0 aliphatic carbocycles. The second-order valence-corrected chi connectivity index (χ2v) is 7.48. The van der Waals surface area contributed by atoms with E-state index in [0.29, 0.717) is 25.2 Å². The first kappa shape index (κ1) is 16.4. The lowest BCUT2D eigenvalue weighted by molar-refractivity contribution is -0.0120. The molecule has 1 fully saturated rings. The number of carboxylic acid groups (broad SMARTS) is 1. The summed E-state index contributed by atoms with van der Waals surface area (Å²) in [6.45, 7) is 2.43. The number of rotatable bonds is 6. The van der Waals surface area contributed by atoms with Crippen LogP contribution in [-0.4, -0.2) is 52.0 Å². The molecule has 2 N–H and O–H groups in total. The molecule has 1 aliphatic rings. The topological polar surface area (TPSA) is 102 Å². The van der Waals surface area contributed by atoms with Crippen molar-refractivity contribution in [2.45, 2.75) is 23.8 Å². The highest BCUT2D eigenvalue weighted by Gasteiger charge is 2.37. The molecular formula is C12H17NO6S2. The van der Waals surface area contributed by atoms with Gasteiger partial charge in [-0.3, -0.25) is 0 Å². The van der Waals surface area contributed by atoms with Gasteiger partial charge >= 0.3 is 5.97 Å². The van der Waals surface area contributed by atoms with Gasteiger partial charge in [0, 0.05) is 26.7 Å². The maximum absolute atomic E-state index is 12.4. The Balaban J connectivity index is 2.23.